The fourth-order valence-corrected chi connectivity index (χ4v) is 1.64. The number of hydrogen-bond acceptors (Lipinski definition) is 1. The van der Waals surface area contributed by atoms with Crippen molar-refractivity contribution in [1.29, 1.82) is 0 Å². The zero-order chi connectivity index (χ0) is 9.80. The normalized spacial score (nSPS) is 12.4. The maximum Gasteiger partial charge on any atom is 0.0836 e. The lowest BCUT2D eigenvalue weighted by Crippen LogP contribution is -1.92. The summed E-state index contributed by atoms with van der Waals surface area (Å²) in [6.45, 7) is 0. The highest BCUT2D eigenvalue weighted by Gasteiger charge is 2.08. The molecular formula is C12H10ClN. The number of pyridine rings is 1. The van der Waals surface area contributed by atoms with E-state index in [2.05, 4.69) is 4.98 Å². The molecule has 0 saturated carbocycles. The van der Waals surface area contributed by atoms with Crippen molar-refractivity contribution in [3.05, 3.63) is 66.0 Å². The molecule has 0 radical (unpaired) electrons. The molecule has 0 bridgehead atoms. The van der Waals surface area contributed by atoms with Crippen LogP contribution >= 0.6 is 11.6 Å². The van der Waals surface area contributed by atoms with Crippen molar-refractivity contribution in [2.45, 2.75) is 5.38 Å². The monoisotopic (exact) mass is 203 g/mol. The van der Waals surface area contributed by atoms with E-state index in [1.807, 2.05) is 42.5 Å². The smallest absolute Gasteiger partial charge is 0.0836 e. The highest BCUT2D eigenvalue weighted by atomic mass is 35.5. The zero-order valence-corrected chi connectivity index (χ0v) is 8.35. The van der Waals surface area contributed by atoms with Crippen LogP contribution in [0, 0.1) is 0 Å². The van der Waals surface area contributed by atoms with E-state index in [0.29, 0.717) is 0 Å². The van der Waals surface area contributed by atoms with E-state index >= 15 is 0 Å². The predicted molar refractivity (Wildman–Crippen MR) is 58.4 cm³/mol. The Labute approximate surface area is 88.4 Å². The summed E-state index contributed by atoms with van der Waals surface area (Å²) in [6.07, 6.45) is 3.52. The molecule has 14 heavy (non-hydrogen) atoms. The zero-order valence-electron chi connectivity index (χ0n) is 7.60. The second-order valence-corrected chi connectivity index (χ2v) is 3.49. The molecule has 1 atom stereocenters. The minimum absolute atomic E-state index is 0.0841. The molecule has 2 aromatic rings. The van der Waals surface area contributed by atoms with Crippen LogP contribution in [-0.4, -0.2) is 4.98 Å². The first kappa shape index (κ1) is 9.22. The lowest BCUT2D eigenvalue weighted by molar-refractivity contribution is 1.12. The molecule has 2 heteroatoms. The summed E-state index contributed by atoms with van der Waals surface area (Å²) < 4.78 is 0. The standard InChI is InChI=1S/C12H10ClN/c13-12(10-4-2-1-3-5-10)11-6-8-14-9-7-11/h1-9,12H/t12-/m1/s1. The molecule has 0 fully saturated rings. The van der Waals surface area contributed by atoms with Gasteiger partial charge in [-0.15, -0.1) is 11.6 Å². The Kier molecular flexibility index (Phi) is 2.80. The van der Waals surface area contributed by atoms with E-state index in [1.54, 1.807) is 12.4 Å². The highest BCUT2D eigenvalue weighted by Crippen LogP contribution is 2.27. The minimum Gasteiger partial charge on any atom is -0.265 e. The van der Waals surface area contributed by atoms with E-state index in [-0.39, 0.29) is 5.38 Å². The number of alkyl halides is 1. The molecule has 1 heterocycles. The molecule has 0 N–H and O–H groups in total. The van der Waals surface area contributed by atoms with Gasteiger partial charge in [-0.3, -0.25) is 4.98 Å². The molecule has 0 aliphatic carbocycles. The van der Waals surface area contributed by atoms with Crippen LogP contribution in [0.3, 0.4) is 0 Å². The topological polar surface area (TPSA) is 12.9 Å². The Morgan fingerprint density at radius 1 is 0.857 bits per heavy atom. The van der Waals surface area contributed by atoms with Crippen molar-refractivity contribution in [2.75, 3.05) is 0 Å². The third-order valence-corrected chi connectivity index (χ3v) is 2.59. The first-order valence-corrected chi connectivity index (χ1v) is 4.90. The maximum absolute atomic E-state index is 6.30. The molecule has 1 nitrogen and oxygen atoms in total. The molecule has 2 rings (SSSR count). The van der Waals surface area contributed by atoms with E-state index < -0.39 is 0 Å². The average molecular weight is 204 g/mol. The number of halogens is 1. The van der Waals surface area contributed by atoms with Gasteiger partial charge < -0.3 is 0 Å². The molecule has 0 unspecified atom stereocenters. The summed E-state index contributed by atoms with van der Waals surface area (Å²) in [6, 6.07) is 13.9. The number of hydrogen-bond donors (Lipinski definition) is 0. The van der Waals surface area contributed by atoms with Crippen LogP contribution in [0.5, 0.6) is 0 Å². The van der Waals surface area contributed by atoms with Gasteiger partial charge in [0.05, 0.1) is 5.38 Å². The van der Waals surface area contributed by atoms with Crippen LogP contribution in [0.4, 0.5) is 0 Å². The predicted octanol–water partition coefficient (Wildman–Crippen LogP) is 3.41. The maximum atomic E-state index is 6.30. The van der Waals surface area contributed by atoms with E-state index in [9.17, 15) is 0 Å². The van der Waals surface area contributed by atoms with Crippen molar-refractivity contribution < 1.29 is 0 Å². The number of aromatic nitrogens is 1. The third kappa shape index (κ3) is 1.94. The Morgan fingerprint density at radius 3 is 2.07 bits per heavy atom. The van der Waals surface area contributed by atoms with Crippen molar-refractivity contribution in [2.24, 2.45) is 0 Å². The third-order valence-electron chi connectivity index (χ3n) is 2.09. The largest absolute Gasteiger partial charge is 0.265 e. The van der Waals surface area contributed by atoms with Gasteiger partial charge in [0.15, 0.2) is 0 Å². The quantitative estimate of drug-likeness (QED) is 0.682. The first-order valence-electron chi connectivity index (χ1n) is 4.47. The molecule has 0 aliphatic rings. The van der Waals surface area contributed by atoms with Gasteiger partial charge in [-0.25, -0.2) is 0 Å². The van der Waals surface area contributed by atoms with E-state index in [0.717, 1.165) is 11.1 Å². The van der Waals surface area contributed by atoms with Crippen LogP contribution in [0.2, 0.25) is 0 Å². The first-order chi connectivity index (χ1) is 6.88. The van der Waals surface area contributed by atoms with Gasteiger partial charge in [0, 0.05) is 12.4 Å². The average Bonchev–Trinajstić information content (AvgIpc) is 2.30. The summed E-state index contributed by atoms with van der Waals surface area (Å²) in [7, 11) is 0. The highest BCUT2D eigenvalue weighted by molar-refractivity contribution is 6.22. The van der Waals surface area contributed by atoms with E-state index in [4.69, 9.17) is 11.6 Å². The Bertz CT molecular complexity index is 346. The summed E-state index contributed by atoms with van der Waals surface area (Å²) >= 11 is 6.30. The Hall–Kier alpha value is -1.34. The second kappa shape index (κ2) is 4.25. The number of rotatable bonds is 2. The lowest BCUT2D eigenvalue weighted by Gasteiger charge is -2.08. The lowest BCUT2D eigenvalue weighted by atomic mass is 10.1. The second-order valence-electron chi connectivity index (χ2n) is 3.05. The fourth-order valence-electron chi connectivity index (χ4n) is 1.35. The summed E-state index contributed by atoms with van der Waals surface area (Å²) in [4.78, 5) is 3.96. The molecule has 1 aromatic carbocycles. The Morgan fingerprint density at radius 2 is 1.43 bits per heavy atom. The van der Waals surface area contributed by atoms with Gasteiger partial charge in [0.25, 0.3) is 0 Å². The molecule has 0 spiro atoms. The minimum atomic E-state index is -0.0841. The van der Waals surface area contributed by atoms with Crippen molar-refractivity contribution >= 4 is 11.6 Å². The molecule has 1 aromatic heterocycles. The van der Waals surface area contributed by atoms with Gasteiger partial charge in [-0.1, -0.05) is 30.3 Å². The van der Waals surface area contributed by atoms with Crippen LogP contribution in [0.15, 0.2) is 54.9 Å². The summed E-state index contributed by atoms with van der Waals surface area (Å²) in [5.74, 6) is 0. The fraction of sp³-hybridized carbons (Fsp3) is 0.0833. The Balaban J connectivity index is 2.30. The number of benzene rings is 1. The van der Waals surface area contributed by atoms with Gasteiger partial charge in [0.2, 0.25) is 0 Å². The molecular weight excluding hydrogens is 194 g/mol. The van der Waals surface area contributed by atoms with Gasteiger partial charge >= 0.3 is 0 Å². The van der Waals surface area contributed by atoms with E-state index in [1.165, 1.54) is 0 Å². The van der Waals surface area contributed by atoms with Crippen LogP contribution in [0.25, 0.3) is 0 Å². The number of nitrogens with zero attached hydrogens (tertiary/aromatic N) is 1. The molecule has 0 aliphatic heterocycles. The molecule has 70 valence electrons. The van der Waals surface area contributed by atoms with Gasteiger partial charge in [0.1, 0.15) is 0 Å². The molecule has 0 saturated heterocycles. The summed E-state index contributed by atoms with van der Waals surface area (Å²) in [5.41, 5.74) is 2.19. The summed E-state index contributed by atoms with van der Waals surface area (Å²) in [5, 5.41) is -0.0841. The van der Waals surface area contributed by atoms with Crippen LogP contribution in [-0.2, 0) is 0 Å². The SMILES string of the molecule is Cl[C@H](c1ccccc1)c1ccncc1. The van der Waals surface area contributed by atoms with Crippen LogP contribution < -0.4 is 0 Å². The van der Waals surface area contributed by atoms with Gasteiger partial charge in [-0.2, -0.15) is 0 Å². The van der Waals surface area contributed by atoms with Crippen molar-refractivity contribution in [3.63, 3.8) is 0 Å². The van der Waals surface area contributed by atoms with Crippen molar-refractivity contribution in [3.8, 4) is 0 Å². The van der Waals surface area contributed by atoms with Crippen LogP contribution in [0.1, 0.15) is 16.5 Å². The van der Waals surface area contributed by atoms with Crippen molar-refractivity contribution in [1.82, 2.24) is 4.98 Å². The van der Waals surface area contributed by atoms with Gasteiger partial charge in [-0.05, 0) is 23.3 Å². The molecule has 0 amide bonds.